The molecule has 0 aliphatic heterocycles. The first-order chi connectivity index (χ1) is 10.2. The van der Waals surface area contributed by atoms with Gasteiger partial charge >= 0.3 is 6.09 Å². The van der Waals surface area contributed by atoms with Crippen LogP contribution in [0.3, 0.4) is 0 Å². The van der Waals surface area contributed by atoms with Crippen LogP contribution in [0.5, 0.6) is 5.75 Å². The highest BCUT2D eigenvalue weighted by Crippen LogP contribution is 2.26. The van der Waals surface area contributed by atoms with Crippen molar-refractivity contribution in [2.24, 2.45) is 0 Å². The van der Waals surface area contributed by atoms with Gasteiger partial charge in [-0.25, -0.2) is 4.79 Å². The van der Waals surface area contributed by atoms with E-state index in [1.165, 1.54) is 7.11 Å². The van der Waals surface area contributed by atoms with Crippen molar-refractivity contribution in [1.29, 1.82) is 0 Å². The van der Waals surface area contributed by atoms with Crippen molar-refractivity contribution in [3.8, 4) is 5.75 Å². The minimum Gasteiger partial charge on any atom is -0.496 e. The molecule has 0 saturated heterocycles. The molecule has 0 radical (unpaired) electrons. The van der Waals surface area contributed by atoms with Gasteiger partial charge in [0.15, 0.2) is 0 Å². The predicted molar refractivity (Wildman–Crippen MR) is 79.2 cm³/mol. The Morgan fingerprint density at radius 1 is 1.14 bits per heavy atom. The van der Waals surface area contributed by atoms with E-state index in [2.05, 4.69) is 5.32 Å². The quantitative estimate of drug-likeness (QED) is 0.887. The number of methoxy groups -OCH3 is 1. The maximum absolute atomic E-state index is 11.8. The fourth-order valence-electron chi connectivity index (χ4n) is 1.91. The number of ether oxygens (including phenoxy) is 2. The standard InChI is InChI=1S/C16H17NO4/c1-20-15-9-5-8-14(13(15)10-18)17-16(19)21-11-12-6-3-2-4-7-12/h2-9,18H,10-11H2,1H3,(H,17,19). The second kappa shape index (κ2) is 7.31. The van der Waals surface area contributed by atoms with Gasteiger partial charge in [0.2, 0.25) is 0 Å². The van der Waals surface area contributed by atoms with Gasteiger partial charge in [0.05, 0.1) is 19.4 Å². The first-order valence-electron chi connectivity index (χ1n) is 6.49. The van der Waals surface area contributed by atoms with Crippen LogP contribution in [-0.2, 0) is 18.0 Å². The summed E-state index contributed by atoms with van der Waals surface area (Å²) in [6.07, 6.45) is -0.582. The van der Waals surface area contributed by atoms with E-state index >= 15 is 0 Å². The first-order valence-corrected chi connectivity index (χ1v) is 6.49. The van der Waals surface area contributed by atoms with Crippen molar-refractivity contribution < 1.29 is 19.4 Å². The van der Waals surface area contributed by atoms with Crippen LogP contribution in [-0.4, -0.2) is 18.3 Å². The van der Waals surface area contributed by atoms with Crippen molar-refractivity contribution in [2.45, 2.75) is 13.2 Å². The molecule has 0 heterocycles. The summed E-state index contributed by atoms with van der Waals surface area (Å²) < 4.78 is 10.3. The van der Waals surface area contributed by atoms with Gasteiger partial charge in [-0.1, -0.05) is 36.4 Å². The molecule has 0 bridgehead atoms. The number of aliphatic hydroxyl groups excluding tert-OH is 1. The zero-order valence-corrected chi connectivity index (χ0v) is 11.7. The highest BCUT2D eigenvalue weighted by atomic mass is 16.5. The lowest BCUT2D eigenvalue weighted by molar-refractivity contribution is 0.155. The number of rotatable bonds is 5. The number of carbonyl (C=O) groups is 1. The number of carbonyl (C=O) groups excluding carboxylic acids is 1. The minimum absolute atomic E-state index is 0.186. The topological polar surface area (TPSA) is 67.8 Å². The summed E-state index contributed by atoms with van der Waals surface area (Å²) in [5.74, 6) is 0.512. The molecule has 0 atom stereocenters. The van der Waals surface area contributed by atoms with E-state index in [1.807, 2.05) is 30.3 Å². The number of benzene rings is 2. The van der Waals surface area contributed by atoms with E-state index in [0.717, 1.165) is 5.56 Å². The van der Waals surface area contributed by atoms with E-state index in [1.54, 1.807) is 18.2 Å². The monoisotopic (exact) mass is 287 g/mol. The van der Waals surface area contributed by atoms with Crippen LogP contribution in [0.4, 0.5) is 10.5 Å². The van der Waals surface area contributed by atoms with Crippen LogP contribution in [0.2, 0.25) is 0 Å². The lowest BCUT2D eigenvalue weighted by Crippen LogP contribution is -2.15. The van der Waals surface area contributed by atoms with E-state index in [-0.39, 0.29) is 13.2 Å². The SMILES string of the molecule is COc1cccc(NC(=O)OCc2ccccc2)c1CO. The van der Waals surface area contributed by atoms with Gasteiger partial charge < -0.3 is 14.6 Å². The summed E-state index contributed by atoms with van der Waals surface area (Å²) in [6, 6.07) is 14.5. The molecule has 0 aromatic heterocycles. The number of anilines is 1. The highest BCUT2D eigenvalue weighted by Gasteiger charge is 2.11. The summed E-state index contributed by atoms with van der Waals surface area (Å²) in [5.41, 5.74) is 1.88. The van der Waals surface area contributed by atoms with Gasteiger partial charge in [-0.3, -0.25) is 5.32 Å². The van der Waals surface area contributed by atoms with E-state index in [9.17, 15) is 9.90 Å². The van der Waals surface area contributed by atoms with Crippen LogP contribution in [0.1, 0.15) is 11.1 Å². The number of hydrogen-bond acceptors (Lipinski definition) is 4. The number of nitrogens with one attached hydrogen (secondary N) is 1. The Balaban J connectivity index is 2.00. The van der Waals surface area contributed by atoms with Gasteiger partial charge in [0.25, 0.3) is 0 Å². The number of aliphatic hydroxyl groups is 1. The summed E-state index contributed by atoms with van der Waals surface area (Å²) in [5, 5.41) is 12.0. The summed E-state index contributed by atoms with van der Waals surface area (Å²) in [6.45, 7) is -0.0522. The van der Waals surface area contributed by atoms with Crippen molar-refractivity contribution in [3.05, 3.63) is 59.7 Å². The molecule has 0 fully saturated rings. The molecule has 0 unspecified atom stereocenters. The Labute approximate surface area is 123 Å². The van der Waals surface area contributed by atoms with Gasteiger partial charge in [0.1, 0.15) is 12.4 Å². The Bertz CT molecular complexity index is 598. The highest BCUT2D eigenvalue weighted by molar-refractivity contribution is 5.86. The van der Waals surface area contributed by atoms with Gasteiger partial charge in [-0.2, -0.15) is 0 Å². The number of hydrogen-bond donors (Lipinski definition) is 2. The molecule has 0 aliphatic carbocycles. The molecule has 21 heavy (non-hydrogen) atoms. The first kappa shape index (κ1) is 14.9. The fourth-order valence-corrected chi connectivity index (χ4v) is 1.91. The molecule has 5 heteroatoms. The van der Waals surface area contributed by atoms with Crippen molar-refractivity contribution in [3.63, 3.8) is 0 Å². The summed E-state index contributed by atoms with van der Waals surface area (Å²) in [7, 11) is 1.51. The van der Waals surface area contributed by atoms with Crippen molar-refractivity contribution in [2.75, 3.05) is 12.4 Å². The Hall–Kier alpha value is -2.53. The smallest absolute Gasteiger partial charge is 0.411 e. The van der Waals surface area contributed by atoms with Crippen molar-refractivity contribution >= 4 is 11.8 Å². The third-order valence-corrected chi connectivity index (χ3v) is 2.96. The molecular weight excluding hydrogens is 270 g/mol. The molecule has 0 aliphatic rings. The average molecular weight is 287 g/mol. The Kier molecular flexibility index (Phi) is 5.17. The zero-order valence-electron chi connectivity index (χ0n) is 11.7. The summed E-state index contributed by atoms with van der Waals surface area (Å²) in [4.78, 5) is 11.8. The lowest BCUT2D eigenvalue weighted by atomic mass is 10.1. The number of amides is 1. The Morgan fingerprint density at radius 3 is 2.57 bits per heavy atom. The average Bonchev–Trinajstić information content (AvgIpc) is 2.53. The van der Waals surface area contributed by atoms with Crippen LogP contribution in [0, 0.1) is 0 Å². The molecule has 2 N–H and O–H groups in total. The third kappa shape index (κ3) is 3.97. The van der Waals surface area contributed by atoms with Crippen LogP contribution < -0.4 is 10.1 Å². The van der Waals surface area contributed by atoms with E-state index < -0.39 is 6.09 Å². The lowest BCUT2D eigenvalue weighted by Gasteiger charge is -2.13. The maximum Gasteiger partial charge on any atom is 0.411 e. The molecule has 2 aromatic carbocycles. The molecule has 1 amide bonds. The third-order valence-electron chi connectivity index (χ3n) is 2.96. The molecule has 0 saturated carbocycles. The van der Waals surface area contributed by atoms with Gasteiger partial charge in [0, 0.05) is 5.56 Å². The van der Waals surface area contributed by atoms with E-state index in [0.29, 0.717) is 17.0 Å². The normalized spacial score (nSPS) is 10.0. The molecule has 5 nitrogen and oxygen atoms in total. The molecule has 0 spiro atoms. The fraction of sp³-hybridized carbons (Fsp3) is 0.188. The van der Waals surface area contributed by atoms with Crippen LogP contribution in [0.25, 0.3) is 0 Å². The molecule has 110 valence electrons. The predicted octanol–water partition coefficient (Wildman–Crippen LogP) is 2.94. The van der Waals surface area contributed by atoms with Crippen LogP contribution >= 0.6 is 0 Å². The second-order valence-corrected chi connectivity index (χ2v) is 4.33. The van der Waals surface area contributed by atoms with Crippen LogP contribution in [0.15, 0.2) is 48.5 Å². The van der Waals surface area contributed by atoms with Gasteiger partial charge in [-0.05, 0) is 17.7 Å². The Morgan fingerprint density at radius 2 is 1.90 bits per heavy atom. The van der Waals surface area contributed by atoms with Gasteiger partial charge in [-0.15, -0.1) is 0 Å². The summed E-state index contributed by atoms with van der Waals surface area (Å²) >= 11 is 0. The second-order valence-electron chi connectivity index (χ2n) is 4.33. The van der Waals surface area contributed by atoms with E-state index in [4.69, 9.17) is 9.47 Å². The largest absolute Gasteiger partial charge is 0.496 e. The molecule has 2 aromatic rings. The molecular formula is C16H17NO4. The van der Waals surface area contributed by atoms with Crippen molar-refractivity contribution in [1.82, 2.24) is 0 Å². The molecule has 2 rings (SSSR count). The minimum atomic E-state index is -0.582. The zero-order chi connectivity index (χ0) is 15.1. The maximum atomic E-state index is 11.8.